The largest absolute Gasteiger partial charge is 0.491 e. The summed E-state index contributed by atoms with van der Waals surface area (Å²) in [5, 5.41) is 8.64. The molecule has 1 fully saturated rings. The van der Waals surface area contributed by atoms with Crippen LogP contribution in [0, 0.1) is 6.92 Å². The van der Waals surface area contributed by atoms with Gasteiger partial charge >= 0.3 is 6.03 Å². The maximum absolute atomic E-state index is 13.4. The lowest BCUT2D eigenvalue weighted by atomic mass is 10.0. The van der Waals surface area contributed by atoms with E-state index < -0.39 is 6.10 Å². The number of carbonyl (C=O) groups is 3. The zero-order chi connectivity index (χ0) is 31.1. The number of nitrogens with one attached hydrogen (secondary N) is 3. The third kappa shape index (κ3) is 7.69. The number of methoxy groups -OCH3 is 1. The van der Waals surface area contributed by atoms with Crippen molar-refractivity contribution in [1.29, 1.82) is 0 Å². The van der Waals surface area contributed by atoms with E-state index in [0.717, 1.165) is 11.3 Å². The summed E-state index contributed by atoms with van der Waals surface area (Å²) in [6.07, 6.45) is 0.0720. The molecule has 3 N–H and O–H groups in total. The second-order valence-electron chi connectivity index (χ2n) is 10.9. The normalized spacial score (nSPS) is 19.3. The number of aromatic nitrogens is 1. The molecule has 0 saturated carbocycles. The molecular weight excluding hydrogens is 566 g/mol. The Kier molecular flexibility index (Phi) is 10.0. The van der Waals surface area contributed by atoms with Crippen molar-refractivity contribution < 1.29 is 33.3 Å². The Balaban J connectivity index is 1.37. The van der Waals surface area contributed by atoms with E-state index in [-0.39, 0.29) is 43.6 Å². The number of hydrogen-bond acceptors (Lipinski definition) is 7. The molecule has 0 spiro atoms. The van der Waals surface area contributed by atoms with Crippen molar-refractivity contribution in [2.24, 2.45) is 7.05 Å². The fourth-order valence-corrected chi connectivity index (χ4v) is 5.22. The SMILES string of the molecule is COCCOc1cc2cc(c1)C(=O)NCCNC(=O)N[C@H]1CCN(C(=O)c3ccc(C)n3C)C[C@@H]1OCc1cccc(c1)O2. The van der Waals surface area contributed by atoms with Gasteiger partial charge in [-0.05, 0) is 55.3 Å². The molecule has 2 aliphatic heterocycles. The van der Waals surface area contributed by atoms with E-state index in [2.05, 4.69) is 16.0 Å². The molecule has 234 valence electrons. The van der Waals surface area contributed by atoms with Gasteiger partial charge in [0.1, 0.15) is 29.5 Å². The number of benzene rings is 2. The number of amides is 4. The lowest BCUT2D eigenvalue weighted by Crippen LogP contribution is -2.58. The van der Waals surface area contributed by atoms with Crippen molar-refractivity contribution in [2.45, 2.75) is 32.1 Å². The monoisotopic (exact) mass is 605 g/mol. The number of fused-ring (bicyclic) bond motifs is 5. The van der Waals surface area contributed by atoms with E-state index in [4.69, 9.17) is 18.9 Å². The first-order valence-corrected chi connectivity index (χ1v) is 14.7. The van der Waals surface area contributed by atoms with Gasteiger partial charge in [0.05, 0.1) is 25.4 Å². The molecule has 2 aromatic carbocycles. The van der Waals surface area contributed by atoms with Crippen LogP contribution < -0.4 is 25.4 Å². The Morgan fingerprint density at radius 1 is 1.02 bits per heavy atom. The first-order chi connectivity index (χ1) is 21.3. The van der Waals surface area contributed by atoms with Crippen molar-refractivity contribution in [3.63, 3.8) is 0 Å². The van der Waals surface area contributed by atoms with Crippen LogP contribution in [0.2, 0.25) is 0 Å². The molecule has 5 rings (SSSR count). The molecule has 12 nitrogen and oxygen atoms in total. The van der Waals surface area contributed by atoms with Gasteiger partial charge in [0.2, 0.25) is 0 Å². The lowest BCUT2D eigenvalue weighted by molar-refractivity contribution is -0.0237. The number of ether oxygens (including phenoxy) is 4. The minimum atomic E-state index is -0.452. The zero-order valence-corrected chi connectivity index (χ0v) is 25.3. The predicted molar refractivity (Wildman–Crippen MR) is 162 cm³/mol. The summed E-state index contributed by atoms with van der Waals surface area (Å²) in [5.41, 5.74) is 2.80. The highest BCUT2D eigenvalue weighted by Gasteiger charge is 2.34. The Hall–Kier alpha value is -4.55. The molecule has 3 heterocycles. The summed E-state index contributed by atoms with van der Waals surface area (Å²) < 4.78 is 25.2. The molecule has 0 radical (unpaired) electrons. The van der Waals surface area contributed by atoms with Gasteiger partial charge in [-0.25, -0.2) is 4.79 Å². The van der Waals surface area contributed by atoms with E-state index in [0.29, 0.717) is 61.2 Å². The average Bonchev–Trinajstić information content (AvgIpc) is 3.35. The molecular formula is C32H39N5O7. The van der Waals surface area contributed by atoms with Crippen LogP contribution >= 0.6 is 0 Å². The van der Waals surface area contributed by atoms with Crippen LogP contribution in [0.1, 0.15) is 38.5 Å². The van der Waals surface area contributed by atoms with Crippen molar-refractivity contribution in [3.05, 3.63) is 77.1 Å². The Labute approximate surface area is 256 Å². The van der Waals surface area contributed by atoms with Gasteiger partial charge in [-0.1, -0.05) is 12.1 Å². The van der Waals surface area contributed by atoms with Crippen LogP contribution in [0.3, 0.4) is 0 Å². The molecule has 2 atom stereocenters. The summed E-state index contributed by atoms with van der Waals surface area (Å²) in [7, 11) is 3.46. The summed E-state index contributed by atoms with van der Waals surface area (Å²) in [5.74, 6) is 1.04. The molecule has 4 amide bonds. The maximum atomic E-state index is 13.4. The predicted octanol–water partition coefficient (Wildman–Crippen LogP) is 2.99. The molecule has 0 unspecified atom stereocenters. The quantitative estimate of drug-likeness (QED) is 0.381. The van der Waals surface area contributed by atoms with Crippen molar-refractivity contribution in [2.75, 3.05) is 46.5 Å². The smallest absolute Gasteiger partial charge is 0.315 e. The molecule has 1 saturated heterocycles. The first-order valence-electron chi connectivity index (χ1n) is 14.7. The van der Waals surface area contributed by atoms with Crippen molar-refractivity contribution in [3.8, 4) is 17.2 Å². The molecule has 4 bridgehead atoms. The molecule has 2 aliphatic rings. The molecule has 12 heteroatoms. The van der Waals surface area contributed by atoms with Crippen LogP contribution in [0.4, 0.5) is 4.79 Å². The van der Waals surface area contributed by atoms with Gasteiger partial charge in [-0.15, -0.1) is 0 Å². The molecule has 44 heavy (non-hydrogen) atoms. The van der Waals surface area contributed by atoms with Crippen molar-refractivity contribution in [1.82, 2.24) is 25.4 Å². The molecule has 3 aromatic rings. The van der Waals surface area contributed by atoms with Crippen LogP contribution in [0.25, 0.3) is 0 Å². The molecule has 0 aliphatic carbocycles. The highest BCUT2D eigenvalue weighted by atomic mass is 16.5. The van der Waals surface area contributed by atoms with E-state index in [1.165, 1.54) is 0 Å². The van der Waals surface area contributed by atoms with Crippen LogP contribution in [0.15, 0.2) is 54.6 Å². The second-order valence-corrected chi connectivity index (χ2v) is 10.9. The van der Waals surface area contributed by atoms with E-state index in [9.17, 15) is 14.4 Å². The lowest BCUT2D eigenvalue weighted by Gasteiger charge is -2.38. The minimum absolute atomic E-state index is 0.0782. The maximum Gasteiger partial charge on any atom is 0.315 e. The van der Waals surface area contributed by atoms with Gasteiger partial charge in [0.15, 0.2) is 0 Å². The Morgan fingerprint density at radius 3 is 2.66 bits per heavy atom. The number of carbonyl (C=O) groups excluding carboxylic acids is 3. The Bertz CT molecular complexity index is 1490. The minimum Gasteiger partial charge on any atom is -0.491 e. The number of rotatable bonds is 5. The first kappa shape index (κ1) is 30.9. The van der Waals surface area contributed by atoms with Gasteiger partial charge in [0.25, 0.3) is 11.8 Å². The fraction of sp³-hybridized carbons (Fsp3) is 0.406. The van der Waals surface area contributed by atoms with Crippen molar-refractivity contribution >= 4 is 17.8 Å². The van der Waals surface area contributed by atoms with Gasteiger partial charge in [-0.3, -0.25) is 9.59 Å². The van der Waals surface area contributed by atoms with Crippen LogP contribution in [0.5, 0.6) is 17.2 Å². The van der Waals surface area contributed by atoms with Crippen LogP contribution in [-0.4, -0.2) is 86.0 Å². The number of nitrogens with zero attached hydrogens (tertiary/aromatic N) is 2. The summed E-state index contributed by atoms with van der Waals surface area (Å²) >= 11 is 0. The average molecular weight is 606 g/mol. The highest BCUT2D eigenvalue weighted by Crippen LogP contribution is 2.29. The Morgan fingerprint density at radius 2 is 1.86 bits per heavy atom. The van der Waals surface area contributed by atoms with Gasteiger partial charge < -0.3 is 44.4 Å². The standard InChI is InChI=1S/C32H39N5O7/c1-21-7-8-28(36(21)2)31(39)37-12-9-27-29(19-37)43-20-22-5-4-6-24(15-22)44-26-17-23(16-25(18-26)42-14-13-41-3)30(38)33-10-11-34-32(40)35-27/h4-8,15-18,27,29H,9-14,19-20H2,1-3H3,(H,33,38)(H2,34,35,40)/t27-,29-/m0/s1. The van der Waals surface area contributed by atoms with E-state index in [1.807, 2.05) is 54.9 Å². The number of likely N-dealkylation sites (tertiary alicyclic amines) is 1. The van der Waals surface area contributed by atoms with Gasteiger partial charge in [-0.2, -0.15) is 0 Å². The topological polar surface area (TPSA) is 132 Å². The summed E-state index contributed by atoms with van der Waals surface area (Å²) in [4.78, 5) is 41.0. The fourth-order valence-electron chi connectivity index (χ4n) is 5.22. The number of aryl methyl sites for hydroxylation is 1. The van der Waals surface area contributed by atoms with Crippen LogP contribution in [-0.2, 0) is 23.1 Å². The summed E-state index contributed by atoms with van der Waals surface area (Å²) in [6.45, 7) is 4.11. The number of hydrogen-bond donors (Lipinski definition) is 3. The highest BCUT2D eigenvalue weighted by molar-refractivity contribution is 5.95. The number of piperidine rings is 1. The van der Waals surface area contributed by atoms with E-state index in [1.54, 1.807) is 30.2 Å². The zero-order valence-electron chi connectivity index (χ0n) is 25.3. The molecule has 1 aromatic heterocycles. The third-order valence-electron chi connectivity index (χ3n) is 7.75. The third-order valence-corrected chi connectivity index (χ3v) is 7.75. The van der Waals surface area contributed by atoms with Gasteiger partial charge in [0, 0.05) is 57.7 Å². The van der Waals surface area contributed by atoms with E-state index >= 15 is 0 Å². The second kappa shape index (κ2) is 14.3. The summed E-state index contributed by atoms with van der Waals surface area (Å²) in [6, 6.07) is 15.5. The number of urea groups is 1.